The first-order valence-electron chi connectivity index (χ1n) is 5.94. The average Bonchev–Trinajstić information content (AvgIpc) is 2.38. The normalized spacial score (nSPS) is 10.4. The molecule has 1 aromatic carbocycles. The van der Waals surface area contributed by atoms with Crippen LogP contribution in [0.15, 0.2) is 47.4 Å². The average molecular weight is 228 g/mol. The Hall–Kier alpha value is -1.90. The van der Waals surface area contributed by atoms with Gasteiger partial charge in [-0.1, -0.05) is 43.7 Å². The summed E-state index contributed by atoms with van der Waals surface area (Å²) in [4.78, 5) is 15.6. The summed E-state index contributed by atoms with van der Waals surface area (Å²) in [5.74, 6) is 0. The summed E-state index contributed by atoms with van der Waals surface area (Å²) in [5, 5.41) is 0. The molecule has 0 bridgehead atoms. The van der Waals surface area contributed by atoms with E-state index in [2.05, 4.69) is 11.9 Å². The minimum Gasteiger partial charge on any atom is -0.292 e. The molecule has 0 aliphatic rings. The molecule has 0 radical (unpaired) electrons. The van der Waals surface area contributed by atoms with Crippen molar-refractivity contribution in [3.63, 3.8) is 0 Å². The summed E-state index contributed by atoms with van der Waals surface area (Å²) in [6.45, 7) is 2.84. The molecule has 88 valence electrons. The maximum absolute atomic E-state index is 11.8. The number of unbranched alkanes of at least 4 members (excludes halogenated alkanes) is 1. The molecule has 0 spiro atoms. The van der Waals surface area contributed by atoms with Crippen LogP contribution in [0.5, 0.6) is 0 Å². The summed E-state index contributed by atoms with van der Waals surface area (Å²) in [7, 11) is 0. The van der Waals surface area contributed by atoms with Crippen molar-refractivity contribution in [1.82, 2.24) is 9.55 Å². The third-order valence-electron chi connectivity index (χ3n) is 2.74. The minimum absolute atomic E-state index is 0.167. The number of rotatable bonds is 4. The van der Waals surface area contributed by atoms with E-state index in [1.54, 1.807) is 10.8 Å². The highest BCUT2D eigenvalue weighted by Gasteiger charge is 2.05. The Morgan fingerprint density at radius 2 is 1.94 bits per heavy atom. The number of hydrogen-bond donors (Lipinski definition) is 0. The second-order valence-corrected chi connectivity index (χ2v) is 3.98. The van der Waals surface area contributed by atoms with Gasteiger partial charge in [0, 0.05) is 12.7 Å². The van der Waals surface area contributed by atoms with Gasteiger partial charge in [-0.25, -0.2) is 9.78 Å². The van der Waals surface area contributed by atoms with Crippen LogP contribution in [0.2, 0.25) is 0 Å². The van der Waals surface area contributed by atoms with E-state index in [9.17, 15) is 4.79 Å². The van der Waals surface area contributed by atoms with E-state index in [1.165, 1.54) is 0 Å². The standard InChI is InChI=1S/C14H16N2O/c1-2-3-11-16-13(9-10-15-14(16)17)12-7-5-4-6-8-12/h4-10H,2-3,11H2,1H3. The zero-order valence-corrected chi connectivity index (χ0v) is 9.97. The van der Waals surface area contributed by atoms with Gasteiger partial charge in [0.2, 0.25) is 0 Å². The highest BCUT2D eigenvalue weighted by Crippen LogP contribution is 2.16. The Morgan fingerprint density at radius 1 is 1.18 bits per heavy atom. The first-order chi connectivity index (χ1) is 8.33. The van der Waals surface area contributed by atoms with Crippen LogP contribution in [-0.4, -0.2) is 9.55 Å². The van der Waals surface area contributed by atoms with Gasteiger partial charge in [-0.15, -0.1) is 0 Å². The van der Waals surface area contributed by atoms with Crippen LogP contribution < -0.4 is 5.69 Å². The van der Waals surface area contributed by atoms with Gasteiger partial charge in [-0.3, -0.25) is 4.57 Å². The van der Waals surface area contributed by atoms with Crippen molar-refractivity contribution in [2.75, 3.05) is 0 Å². The first-order valence-corrected chi connectivity index (χ1v) is 5.94. The number of benzene rings is 1. The van der Waals surface area contributed by atoms with E-state index in [0.717, 1.165) is 30.6 Å². The monoisotopic (exact) mass is 228 g/mol. The smallest absolute Gasteiger partial charge is 0.292 e. The first kappa shape index (κ1) is 11.6. The van der Waals surface area contributed by atoms with E-state index in [1.807, 2.05) is 36.4 Å². The third kappa shape index (κ3) is 2.61. The van der Waals surface area contributed by atoms with Crippen LogP contribution in [-0.2, 0) is 6.54 Å². The lowest BCUT2D eigenvalue weighted by Crippen LogP contribution is -2.23. The maximum Gasteiger partial charge on any atom is 0.347 e. The molecule has 3 heteroatoms. The Labute approximate surface area is 101 Å². The summed E-state index contributed by atoms with van der Waals surface area (Å²) in [6.07, 6.45) is 3.63. The molecular formula is C14H16N2O. The van der Waals surface area contributed by atoms with Crippen molar-refractivity contribution in [1.29, 1.82) is 0 Å². The topological polar surface area (TPSA) is 34.9 Å². The van der Waals surface area contributed by atoms with Crippen molar-refractivity contribution < 1.29 is 0 Å². The van der Waals surface area contributed by atoms with E-state index < -0.39 is 0 Å². The number of hydrogen-bond acceptors (Lipinski definition) is 2. The van der Waals surface area contributed by atoms with Gasteiger partial charge in [0.25, 0.3) is 0 Å². The predicted octanol–water partition coefficient (Wildman–Crippen LogP) is 2.71. The molecule has 2 rings (SSSR count). The summed E-state index contributed by atoms with van der Waals surface area (Å²) < 4.78 is 1.75. The quantitative estimate of drug-likeness (QED) is 0.806. The lowest BCUT2D eigenvalue weighted by Gasteiger charge is -2.11. The summed E-state index contributed by atoms with van der Waals surface area (Å²) >= 11 is 0. The molecule has 1 heterocycles. The lowest BCUT2D eigenvalue weighted by molar-refractivity contribution is 0.605. The molecular weight excluding hydrogens is 212 g/mol. The van der Waals surface area contributed by atoms with Gasteiger partial charge in [-0.05, 0) is 18.1 Å². The highest BCUT2D eigenvalue weighted by atomic mass is 16.1. The Bertz CT molecular complexity index is 531. The fraction of sp³-hybridized carbons (Fsp3) is 0.286. The highest BCUT2D eigenvalue weighted by molar-refractivity contribution is 5.58. The van der Waals surface area contributed by atoms with Gasteiger partial charge < -0.3 is 0 Å². The zero-order valence-electron chi connectivity index (χ0n) is 9.97. The second kappa shape index (κ2) is 5.43. The van der Waals surface area contributed by atoms with Crippen molar-refractivity contribution >= 4 is 0 Å². The van der Waals surface area contributed by atoms with Gasteiger partial charge in [0.1, 0.15) is 0 Å². The second-order valence-electron chi connectivity index (χ2n) is 3.98. The zero-order chi connectivity index (χ0) is 12.1. The Balaban J connectivity index is 2.47. The van der Waals surface area contributed by atoms with E-state index in [-0.39, 0.29) is 5.69 Å². The molecule has 0 amide bonds. The Kier molecular flexibility index (Phi) is 3.70. The summed E-state index contributed by atoms with van der Waals surface area (Å²) in [5.41, 5.74) is 1.84. The van der Waals surface area contributed by atoms with Gasteiger partial charge in [-0.2, -0.15) is 0 Å². The predicted molar refractivity (Wildman–Crippen MR) is 68.8 cm³/mol. The molecule has 0 N–H and O–H groups in total. The molecule has 0 aliphatic carbocycles. The van der Waals surface area contributed by atoms with Crippen LogP contribution in [0, 0.1) is 0 Å². The van der Waals surface area contributed by atoms with E-state index in [4.69, 9.17) is 0 Å². The van der Waals surface area contributed by atoms with Crippen LogP contribution in [0.3, 0.4) is 0 Å². The van der Waals surface area contributed by atoms with Crippen molar-refractivity contribution in [3.8, 4) is 11.3 Å². The maximum atomic E-state index is 11.8. The van der Waals surface area contributed by atoms with E-state index in [0.29, 0.717) is 0 Å². The van der Waals surface area contributed by atoms with Gasteiger partial charge in [0.05, 0.1) is 5.69 Å². The van der Waals surface area contributed by atoms with Crippen LogP contribution in [0.4, 0.5) is 0 Å². The third-order valence-corrected chi connectivity index (χ3v) is 2.74. The van der Waals surface area contributed by atoms with Crippen molar-refractivity contribution in [3.05, 3.63) is 53.1 Å². The largest absolute Gasteiger partial charge is 0.347 e. The molecule has 0 atom stereocenters. The lowest BCUT2D eigenvalue weighted by atomic mass is 10.1. The minimum atomic E-state index is -0.167. The van der Waals surface area contributed by atoms with Crippen LogP contribution in [0.1, 0.15) is 19.8 Å². The van der Waals surface area contributed by atoms with Gasteiger partial charge >= 0.3 is 5.69 Å². The van der Waals surface area contributed by atoms with Crippen LogP contribution >= 0.6 is 0 Å². The molecule has 0 saturated heterocycles. The SMILES string of the molecule is CCCCn1c(-c2ccccc2)ccnc1=O. The molecule has 0 aliphatic heterocycles. The molecule has 0 saturated carbocycles. The number of nitrogens with zero attached hydrogens (tertiary/aromatic N) is 2. The van der Waals surface area contributed by atoms with Crippen molar-refractivity contribution in [2.45, 2.75) is 26.3 Å². The Morgan fingerprint density at radius 3 is 2.65 bits per heavy atom. The fourth-order valence-electron chi connectivity index (χ4n) is 1.83. The fourth-order valence-corrected chi connectivity index (χ4v) is 1.83. The number of aromatic nitrogens is 2. The summed E-state index contributed by atoms with van der Waals surface area (Å²) in [6, 6.07) is 11.8. The van der Waals surface area contributed by atoms with Crippen molar-refractivity contribution in [2.24, 2.45) is 0 Å². The van der Waals surface area contributed by atoms with E-state index >= 15 is 0 Å². The van der Waals surface area contributed by atoms with Gasteiger partial charge in [0.15, 0.2) is 0 Å². The molecule has 2 aromatic rings. The molecule has 0 fully saturated rings. The molecule has 3 nitrogen and oxygen atoms in total. The molecule has 1 aromatic heterocycles. The van der Waals surface area contributed by atoms with Crippen LogP contribution in [0.25, 0.3) is 11.3 Å². The molecule has 17 heavy (non-hydrogen) atoms. The molecule has 0 unspecified atom stereocenters.